The average molecular weight is 476 g/mol. The highest BCUT2D eigenvalue weighted by atomic mass is 35.5. The van der Waals surface area contributed by atoms with Crippen LogP contribution in [-0.4, -0.2) is 43.3 Å². The van der Waals surface area contributed by atoms with E-state index in [-0.39, 0.29) is 29.9 Å². The highest BCUT2D eigenvalue weighted by molar-refractivity contribution is 7.89. The van der Waals surface area contributed by atoms with Crippen LogP contribution in [0, 0.1) is 0 Å². The first kappa shape index (κ1) is 22.1. The maximum absolute atomic E-state index is 12.5. The standard InChI is InChI=1S/C21H22ClN5O4S/c22-14-3-6-18-17(9-14)16-7-8-27(12-19(16)26-18)21(29)25-11-20(28)24-10-13-1-4-15(5-2-13)32(23,30)31/h1-6,9,26H,7-8,10-12H2,(H,24,28)(H,25,29)(H2,23,30,31). The van der Waals surface area contributed by atoms with E-state index in [1.54, 1.807) is 17.0 Å². The van der Waals surface area contributed by atoms with Crippen molar-refractivity contribution >= 4 is 44.5 Å². The third-order valence-electron chi connectivity index (χ3n) is 5.37. The second kappa shape index (κ2) is 8.81. The van der Waals surface area contributed by atoms with Crippen LogP contribution in [0.3, 0.4) is 0 Å². The van der Waals surface area contributed by atoms with Gasteiger partial charge in [-0.15, -0.1) is 0 Å². The predicted octanol–water partition coefficient (Wildman–Crippen LogP) is 1.85. The molecule has 9 nitrogen and oxygen atoms in total. The van der Waals surface area contributed by atoms with Crippen LogP contribution in [0.4, 0.5) is 4.79 Å². The van der Waals surface area contributed by atoms with Crippen LogP contribution in [0.15, 0.2) is 47.4 Å². The zero-order valence-electron chi connectivity index (χ0n) is 17.0. The Kier molecular flexibility index (Phi) is 6.09. The summed E-state index contributed by atoms with van der Waals surface area (Å²) in [7, 11) is -3.76. The number of nitrogens with zero attached hydrogens (tertiary/aromatic N) is 1. The van der Waals surface area contributed by atoms with E-state index in [0.29, 0.717) is 30.1 Å². The maximum atomic E-state index is 12.5. The van der Waals surface area contributed by atoms with Gasteiger partial charge in [0.05, 0.1) is 18.0 Å². The maximum Gasteiger partial charge on any atom is 0.318 e. The number of H-pyrrole nitrogens is 1. The predicted molar refractivity (Wildman–Crippen MR) is 120 cm³/mol. The van der Waals surface area contributed by atoms with E-state index in [9.17, 15) is 18.0 Å². The molecular weight excluding hydrogens is 454 g/mol. The van der Waals surface area contributed by atoms with E-state index >= 15 is 0 Å². The number of urea groups is 1. The lowest BCUT2D eigenvalue weighted by atomic mass is 10.0. The lowest BCUT2D eigenvalue weighted by molar-refractivity contribution is -0.120. The summed E-state index contributed by atoms with van der Waals surface area (Å²) in [5.41, 5.74) is 3.83. The van der Waals surface area contributed by atoms with E-state index in [0.717, 1.165) is 22.2 Å². The molecule has 0 atom stereocenters. The monoisotopic (exact) mass is 475 g/mol. The van der Waals surface area contributed by atoms with Crippen LogP contribution in [0.1, 0.15) is 16.8 Å². The minimum absolute atomic E-state index is 0.00240. The number of halogens is 1. The summed E-state index contributed by atoms with van der Waals surface area (Å²) >= 11 is 6.10. The van der Waals surface area contributed by atoms with Gasteiger partial charge < -0.3 is 20.5 Å². The van der Waals surface area contributed by atoms with E-state index in [4.69, 9.17) is 16.7 Å². The summed E-state index contributed by atoms with van der Waals surface area (Å²) in [5, 5.41) is 12.1. The van der Waals surface area contributed by atoms with Gasteiger partial charge in [0.1, 0.15) is 0 Å². The van der Waals surface area contributed by atoms with Gasteiger partial charge in [-0.05, 0) is 47.9 Å². The number of primary sulfonamides is 1. The number of nitrogens with one attached hydrogen (secondary N) is 3. The van der Waals surface area contributed by atoms with Crippen LogP contribution in [-0.2, 0) is 34.3 Å². The Hall–Kier alpha value is -3.08. The van der Waals surface area contributed by atoms with Crippen LogP contribution >= 0.6 is 11.6 Å². The SMILES string of the molecule is NS(=O)(=O)c1ccc(CNC(=O)CNC(=O)N2CCc3c([nH]c4ccc(Cl)cc34)C2)cc1. The van der Waals surface area contributed by atoms with Gasteiger partial charge in [-0.1, -0.05) is 23.7 Å². The third kappa shape index (κ3) is 4.87. The quantitative estimate of drug-likeness (QED) is 0.447. The molecule has 0 radical (unpaired) electrons. The van der Waals surface area contributed by atoms with Gasteiger partial charge >= 0.3 is 6.03 Å². The Morgan fingerprint density at radius 2 is 1.88 bits per heavy atom. The molecule has 11 heteroatoms. The minimum atomic E-state index is -3.76. The summed E-state index contributed by atoms with van der Waals surface area (Å²) in [6.45, 7) is 0.992. The highest BCUT2D eigenvalue weighted by Gasteiger charge is 2.24. The number of nitrogens with two attached hydrogens (primary N) is 1. The largest absolute Gasteiger partial charge is 0.357 e. The van der Waals surface area contributed by atoms with Crippen LogP contribution in [0.5, 0.6) is 0 Å². The fourth-order valence-electron chi connectivity index (χ4n) is 3.71. The topological polar surface area (TPSA) is 137 Å². The van der Waals surface area contributed by atoms with Crippen LogP contribution in [0.2, 0.25) is 5.02 Å². The molecule has 1 aliphatic rings. The summed E-state index contributed by atoms with van der Waals surface area (Å²) < 4.78 is 22.5. The van der Waals surface area contributed by atoms with Gasteiger partial charge in [0.15, 0.2) is 0 Å². The van der Waals surface area contributed by atoms with E-state index in [1.165, 1.54) is 12.1 Å². The number of hydrogen-bond acceptors (Lipinski definition) is 4. The molecule has 3 aromatic rings. The van der Waals surface area contributed by atoms with Gasteiger partial charge in [-0.25, -0.2) is 18.4 Å². The molecule has 1 aliphatic heterocycles. The first-order valence-corrected chi connectivity index (χ1v) is 11.8. The fourth-order valence-corrected chi connectivity index (χ4v) is 4.40. The number of aromatic amines is 1. The second-order valence-electron chi connectivity index (χ2n) is 7.57. The molecule has 0 unspecified atom stereocenters. The first-order chi connectivity index (χ1) is 15.2. The number of carbonyl (C=O) groups excluding carboxylic acids is 2. The molecule has 0 saturated heterocycles. The molecule has 0 spiro atoms. The molecule has 2 aromatic carbocycles. The van der Waals surface area contributed by atoms with Crippen molar-refractivity contribution in [2.24, 2.45) is 5.14 Å². The molecule has 0 fully saturated rings. The van der Waals surface area contributed by atoms with E-state index in [2.05, 4.69) is 15.6 Å². The number of benzene rings is 2. The number of rotatable bonds is 5. The van der Waals surface area contributed by atoms with Crippen LogP contribution < -0.4 is 15.8 Å². The van der Waals surface area contributed by atoms with Gasteiger partial charge in [-0.3, -0.25) is 4.79 Å². The smallest absolute Gasteiger partial charge is 0.318 e. The second-order valence-corrected chi connectivity index (χ2v) is 9.57. The molecule has 0 bridgehead atoms. The molecule has 2 heterocycles. The number of fused-ring (bicyclic) bond motifs is 3. The molecule has 3 amide bonds. The molecule has 5 N–H and O–H groups in total. The van der Waals surface area contributed by atoms with E-state index < -0.39 is 10.0 Å². The lowest BCUT2D eigenvalue weighted by Crippen LogP contribution is -2.46. The van der Waals surface area contributed by atoms with Crippen LogP contribution in [0.25, 0.3) is 10.9 Å². The summed E-state index contributed by atoms with van der Waals surface area (Å²) in [4.78, 5) is 29.6. The van der Waals surface area contributed by atoms with E-state index in [1.807, 2.05) is 18.2 Å². The van der Waals surface area contributed by atoms with Crippen molar-refractivity contribution in [3.63, 3.8) is 0 Å². The summed E-state index contributed by atoms with van der Waals surface area (Å²) in [6, 6.07) is 11.2. The van der Waals surface area contributed by atoms with Crippen molar-refractivity contribution in [3.8, 4) is 0 Å². The zero-order chi connectivity index (χ0) is 22.9. The van der Waals surface area contributed by atoms with Crippen molar-refractivity contribution in [3.05, 3.63) is 64.3 Å². The summed E-state index contributed by atoms with van der Waals surface area (Å²) in [6.07, 6.45) is 0.698. The number of amides is 3. The Labute approximate surface area is 190 Å². The van der Waals surface area contributed by atoms with Crippen molar-refractivity contribution in [2.45, 2.75) is 24.4 Å². The number of hydrogen-bond donors (Lipinski definition) is 4. The number of sulfonamides is 1. The Morgan fingerprint density at radius 3 is 2.59 bits per heavy atom. The highest BCUT2D eigenvalue weighted by Crippen LogP contribution is 2.29. The molecule has 1 aromatic heterocycles. The zero-order valence-corrected chi connectivity index (χ0v) is 18.6. The molecule has 0 saturated carbocycles. The summed E-state index contributed by atoms with van der Waals surface area (Å²) in [5.74, 6) is -0.355. The van der Waals surface area contributed by atoms with Gasteiger partial charge in [0.2, 0.25) is 15.9 Å². The number of carbonyl (C=O) groups is 2. The minimum Gasteiger partial charge on any atom is -0.357 e. The fraction of sp³-hybridized carbons (Fsp3) is 0.238. The van der Waals surface area contributed by atoms with Gasteiger partial charge in [0, 0.05) is 34.7 Å². The molecule has 32 heavy (non-hydrogen) atoms. The molecule has 0 aliphatic carbocycles. The number of aromatic nitrogens is 1. The van der Waals surface area contributed by atoms with Crippen molar-refractivity contribution < 1.29 is 18.0 Å². The van der Waals surface area contributed by atoms with Gasteiger partial charge in [0.25, 0.3) is 0 Å². The normalized spacial score (nSPS) is 13.6. The lowest BCUT2D eigenvalue weighted by Gasteiger charge is -2.27. The Bertz CT molecular complexity index is 1290. The molecular formula is C21H22ClN5O4S. The molecule has 168 valence electrons. The van der Waals surface area contributed by atoms with Crippen molar-refractivity contribution in [1.82, 2.24) is 20.5 Å². The third-order valence-corrected chi connectivity index (χ3v) is 6.53. The Morgan fingerprint density at radius 1 is 1.12 bits per heavy atom. The van der Waals surface area contributed by atoms with Crippen molar-refractivity contribution in [1.29, 1.82) is 0 Å². The average Bonchev–Trinajstić information content (AvgIpc) is 3.12. The Balaban J connectivity index is 1.27. The van der Waals surface area contributed by atoms with Crippen molar-refractivity contribution in [2.75, 3.05) is 13.1 Å². The molecule has 4 rings (SSSR count). The van der Waals surface area contributed by atoms with Gasteiger partial charge in [-0.2, -0.15) is 0 Å². The first-order valence-electron chi connectivity index (χ1n) is 9.91.